The summed E-state index contributed by atoms with van der Waals surface area (Å²) in [7, 11) is 0. The maximum absolute atomic E-state index is 11.7. The third kappa shape index (κ3) is 11.2. The standard InChI is InChI=1S/C27H42O2/c1-20(2)10-7-11-21(3)12-8-13-22(4)14-9-15-23(5)16-17-25-19-26(28)18-24(6)27(25)29/h10,12,14,16,18,25,27,29H,7-9,11,13,15,17,19H2,1-6H3/b21-12+,22-14+,23-16+/t25?,27-/m1/s1. The SMILES string of the molecule is CC(C)=CCC/C(C)=C/CC/C(C)=C/CC/C(C)=C/CC1CC(=O)C=C(C)[C@H]1O. The molecule has 162 valence electrons. The highest BCUT2D eigenvalue weighted by Gasteiger charge is 2.26. The minimum Gasteiger partial charge on any atom is -0.388 e. The molecule has 1 unspecified atom stereocenters. The van der Waals surface area contributed by atoms with E-state index in [0.29, 0.717) is 6.42 Å². The van der Waals surface area contributed by atoms with Gasteiger partial charge in [-0.15, -0.1) is 0 Å². The molecule has 0 aromatic heterocycles. The number of carbonyl (C=O) groups is 1. The molecule has 2 nitrogen and oxygen atoms in total. The Morgan fingerprint density at radius 2 is 1.38 bits per heavy atom. The van der Waals surface area contributed by atoms with Gasteiger partial charge in [0.25, 0.3) is 0 Å². The second-order valence-corrected chi connectivity index (χ2v) is 9.05. The first-order chi connectivity index (χ1) is 13.7. The van der Waals surface area contributed by atoms with Crippen LogP contribution in [-0.2, 0) is 4.79 Å². The molecule has 0 fully saturated rings. The third-order valence-electron chi connectivity index (χ3n) is 5.69. The average Bonchev–Trinajstić information content (AvgIpc) is 2.63. The van der Waals surface area contributed by atoms with Crippen LogP contribution in [0.2, 0.25) is 0 Å². The summed E-state index contributed by atoms with van der Waals surface area (Å²) >= 11 is 0. The Hall–Kier alpha value is -1.67. The fourth-order valence-electron chi connectivity index (χ4n) is 3.69. The second-order valence-electron chi connectivity index (χ2n) is 9.05. The van der Waals surface area contributed by atoms with E-state index in [0.717, 1.165) is 50.5 Å². The first-order valence-corrected chi connectivity index (χ1v) is 11.2. The molecule has 0 heterocycles. The molecule has 2 atom stereocenters. The predicted octanol–water partition coefficient (Wildman–Crippen LogP) is 7.42. The Bertz CT molecular complexity index is 681. The number of carbonyl (C=O) groups excluding carboxylic acids is 1. The minimum atomic E-state index is -0.475. The zero-order valence-electron chi connectivity index (χ0n) is 19.6. The van der Waals surface area contributed by atoms with Crippen LogP contribution in [0.4, 0.5) is 0 Å². The van der Waals surface area contributed by atoms with Crippen LogP contribution in [0.5, 0.6) is 0 Å². The predicted molar refractivity (Wildman–Crippen MR) is 126 cm³/mol. The molecule has 0 aromatic carbocycles. The van der Waals surface area contributed by atoms with Gasteiger partial charge >= 0.3 is 0 Å². The van der Waals surface area contributed by atoms with Crippen molar-refractivity contribution in [3.8, 4) is 0 Å². The Kier molecular flexibility index (Phi) is 11.8. The summed E-state index contributed by atoms with van der Waals surface area (Å²) in [5, 5.41) is 10.2. The maximum Gasteiger partial charge on any atom is 0.156 e. The number of allylic oxidation sites excluding steroid dienone is 9. The van der Waals surface area contributed by atoms with Gasteiger partial charge in [0.2, 0.25) is 0 Å². The number of aliphatic hydroxyl groups is 1. The topological polar surface area (TPSA) is 37.3 Å². The van der Waals surface area contributed by atoms with E-state index in [2.05, 4.69) is 58.9 Å². The van der Waals surface area contributed by atoms with E-state index < -0.39 is 6.10 Å². The summed E-state index contributed by atoms with van der Waals surface area (Å²) in [6.45, 7) is 12.8. The van der Waals surface area contributed by atoms with Crippen molar-refractivity contribution < 1.29 is 9.90 Å². The lowest BCUT2D eigenvalue weighted by Crippen LogP contribution is -2.28. The lowest BCUT2D eigenvalue weighted by atomic mass is 9.83. The van der Waals surface area contributed by atoms with E-state index in [1.54, 1.807) is 6.08 Å². The summed E-state index contributed by atoms with van der Waals surface area (Å²) in [5.74, 6) is 0.176. The van der Waals surface area contributed by atoms with Gasteiger partial charge in [0.05, 0.1) is 6.10 Å². The van der Waals surface area contributed by atoms with E-state index in [9.17, 15) is 9.90 Å². The van der Waals surface area contributed by atoms with Crippen LogP contribution in [0.15, 0.2) is 58.2 Å². The van der Waals surface area contributed by atoms with Gasteiger partial charge in [-0.1, -0.05) is 46.6 Å². The first kappa shape index (κ1) is 25.4. The second kappa shape index (κ2) is 13.5. The summed E-state index contributed by atoms with van der Waals surface area (Å²) < 4.78 is 0. The molecule has 1 aliphatic rings. The smallest absolute Gasteiger partial charge is 0.156 e. The summed E-state index contributed by atoms with van der Waals surface area (Å²) in [6.07, 6.45) is 18.3. The number of ketones is 1. The lowest BCUT2D eigenvalue weighted by Gasteiger charge is -2.25. The van der Waals surface area contributed by atoms with E-state index >= 15 is 0 Å². The molecule has 0 spiro atoms. The fraction of sp³-hybridized carbons (Fsp3) is 0.593. The highest BCUT2D eigenvalue weighted by Crippen LogP contribution is 2.26. The van der Waals surface area contributed by atoms with Gasteiger partial charge < -0.3 is 5.11 Å². The van der Waals surface area contributed by atoms with Crippen LogP contribution >= 0.6 is 0 Å². The molecule has 0 amide bonds. The van der Waals surface area contributed by atoms with Crippen molar-refractivity contribution in [2.24, 2.45) is 5.92 Å². The van der Waals surface area contributed by atoms with Crippen LogP contribution in [0.1, 0.15) is 92.9 Å². The Morgan fingerprint density at radius 3 is 1.90 bits per heavy atom. The maximum atomic E-state index is 11.7. The van der Waals surface area contributed by atoms with Gasteiger partial charge in [0.1, 0.15) is 0 Å². The molecule has 0 aromatic rings. The molecule has 0 saturated carbocycles. The summed E-state index contributed by atoms with van der Waals surface area (Å²) in [4.78, 5) is 11.7. The van der Waals surface area contributed by atoms with Crippen molar-refractivity contribution in [3.05, 3.63) is 58.2 Å². The van der Waals surface area contributed by atoms with Gasteiger partial charge in [0, 0.05) is 6.42 Å². The molecule has 2 heteroatoms. The van der Waals surface area contributed by atoms with Gasteiger partial charge in [0.15, 0.2) is 5.78 Å². The van der Waals surface area contributed by atoms with Gasteiger partial charge in [-0.25, -0.2) is 0 Å². The van der Waals surface area contributed by atoms with Crippen molar-refractivity contribution in [3.63, 3.8) is 0 Å². The van der Waals surface area contributed by atoms with Gasteiger partial charge in [-0.05, 0) is 104 Å². The Labute approximate surface area is 179 Å². The number of hydrogen-bond acceptors (Lipinski definition) is 2. The van der Waals surface area contributed by atoms with Crippen LogP contribution in [-0.4, -0.2) is 17.0 Å². The van der Waals surface area contributed by atoms with E-state index in [4.69, 9.17) is 0 Å². The highest BCUT2D eigenvalue weighted by atomic mass is 16.3. The van der Waals surface area contributed by atoms with E-state index in [1.165, 1.54) is 22.3 Å². The minimum absolute atomic E-state index is 0.0338. The first-order valence-electron chi connectivity index (χ1n) is 11.2. The average molecular weight is 399 g/mol. The normalized spacial score (nSPS) is 21.3. The highest BCUT2D eigenvalue weighted by molar-refractivity contribution is 5.91. The van der Waals surface area contributed by atoms with E-state index in [-0.39, 0.29) is 11.7 Å². The van der Waals surface area contributed by atoms with Gasteiger partial charge in [-0.2, -0.15) is 0 Å². The zero-order valence-corrected chi connectivity index (χ0v) is 19.6. The molecule has 1 N–H and O–H groups in total. The molecule has 0 radical (unpaired) electrons. The van der Waals surface area contributed by atoms with Crippen molar-refractivity contribution >= 4 is 5.78 Å². The van der Waals surface area contributed by atoms with Crippen LogP contribution in [0.3, 0.4) is 0 Å². The van der Waals surface area contributed by atoms with Crippen molar-refractivity contribution in [2.45, 2.75) is 99.0 Å². The quantitative estimate of drug-likeness (QED) is 0.368. The molecule has 1 rings (SSSR count). The molecular weight excluding hydrogens is 356 g/mol. The van der Waals surface area contributed by atoms with Crippen molar-refractivity contribution in [1.29, 1.82) is 0 Å². The molecule has 0 saturated heterocycles. The van der Waals surface area contributed by atoms with Crippen molar-refractivity contribution in [2.75, 3.05) is 0 Å². The van der Waals surface area contributed by atoms with E-state index in [1.807, 2.05) is 6.92 Å². The molecule has 0 aliphatic heterocycles. The Balaban J connectivity index is 2.32. The molecule has 29 heavy (non-hydrogen) atoms. The van der Waals surface area contributed by atoms with Crippen LogP contribution in [0.25, 0.3) is 0 Å². The monoisotopic (exact) mass is 398 g/mol. The summed E-state index contributed by atoms with van der Waals surface area (Å²) in [6, 6.07) is 0. The number of hydrogen-bond donors (Lipinski definition) is 1. The van der Waals surface area contributed by atoms with Crippen LogP contribution in [0, 0.1) is 5.92 Å². The van der Waals surface area contributed by atoms with Gasteiger partial charge in [-0.3, -0.25) is 4.79 Å². The third-order valence-corrected chi connectivity index (χ3v) is 5.69. The molecule has 0 bridgehead atoms. The van der Waals surface area contributed by atoms with Crippen LogP contribution < -0.4 is 0 Å². The molecule has 1 aliphatic carbocycles. The largest absolute Gasteiger partial charge is 0.388 e. The van der Waals surface area contributed by atoms with Crippen molar-refractivity contribution in [1.82, 2.24) is 0 Å². The lowest BCUT2D eigenvalue weighted by molar-refractivity contribution is -0.117. The molecular formula is C27H42O2. The Morgan fingerprint density at radius 1 is 0.897 bits per heavy atom. The fourth-order valence-corrected chi connectivity index (χ4v) is 3.69. The number of rotatable bonds is 11. The zero-order chi connectivity index (χ0) is 21.8. The number of aliphatic hydroxyl groups excluding tert-OH is 1. The summed E-state index contributed by atoms with van der Waals surface area (Å²) in [5.41, 5.74) is 6.49.